The van der Waals surface area contributed by atoms with E-state index in [4.69, 9.17) is 0 Å². The molecule has 0 aliphatic rings. The molecule has 0 aliphatic heterocycles. The number of unbranched alkanes of at least 4 members (excludes halogenated alkanes) is 1. The highest BCUT2D eigenvalue weighted by atomic mass is 15.0. The molecule has 0 spiro atoms. The summed E-state index contributed by atoms with van der Waals surface area (Å²) in [4.78, 5) is 4.53. The van der Waals surface area contributed by atoms with Crippen molar-refractivity contribution in [1.82, 2.24) is 9.55 Å². The predicted octanol–water partition coefficient (Wildman–Crippen LogP) is 3.99. The van der Waals surface area contributed by atoms with E-state index in [-0.39, 0.29) is 0 Å². The maximum atomic E-state index is 4.53. The van der Waals surface area contributed by atoms with Gasteiger partial charge in [0.1, 0.15) is 0 Å². The average Bonchev–Trinajstić information content (AvgIpc) is 2.54. The van der Waals surface area contributed by atoms with Gasteiger partial charge in [0, 0.05) is 12.7 Å². The van der Waals surface area contributed by atoms with Crippen molar-refractivity contribution in [2.75, 3.05) is 0 Å². The quantitative estimate of drug-likeness (QED) is 0.655. The molecule has 98 valence electrons. The molecule has 0 amide bonds. The van der Waals surface area contributed by atoms with E-state index in [1.54, 1.807) is 0 Å². The third kappa shape index (κ3) is 4.93. The van der Waals surface area contributed by atoms with Crippen molar-refractivity contribution in [3.8, 4) is 0 Å². The van der Waals surface area contributed by atoms with Crippen molar-refractivity contribution in [1.29, 1.82) is 0 Å². The lowest BCUT2D eigenvalue weighted by Gasteiger charge is -2.09. The van der Waals surface area contributed by atoms with Crippen LogP contribution in [0.4, 0.5) is 0 Å². The second-order valence-corrected chi connectivity index (χ2v) is 5.99. The van der Waals surface area contributed by atoms with Gasteiger partial charge in [0.2, 0.25) is 0 Å². The van der Waals surface area contributed by atoms with Gasteiger partial charge in [-0.25, -0.2) is 4.98 Å². The summed E-state index contributed by atoms with van der Waals surface area (Å²) in [7, 11) is 2.12. The Labute approximate surface area is 106 Å². The van der Waals surface area contributed by atoms with E-state index >= 15 is 0 Å². The number of hydrogen-bond donors (Lipinski definition) is 0. The van der Waals surface area contributed by atoms with Gasteiger partial charge in [0.15, 0.2) is 0 Å². The maximum Gasteiger partial charge on any atom is 0.0949 e. The first-order chi connectivity index (χ1) is 8.00. The van der Waals surface area contributed by atoms with Crippen LogP contribution in [-0.2, 0) is 19.9 Å². The number of aryl methyl sites for hydroxylation is 1. The Balaban J connectivity index is 2.48. The fourth-order valence-electron chi connectivity index (χ4n) is 2.23. The lowest BCUT2D eigenvalue weighted by Crippen LogP contribution is -2.03. The van der Waals surface area contributed by atoms with Crippen molar-refractivity contribution < 1.29 is 0 Å². The molecule has 0 saturated heterocycles. The van der Waals surface area contributed by atoms with Gasteiger partial charge in [-0.2, -0.15) is 0 Å². The third-order valence-electron chi connectivity index (χ3n) is 3.19. The van der Waals surface area contributed by atoms with Gasteiger partial charge in [-0.1, -0.05) is 40.5 Å². The molecule has 2 nitrogen and oxygen atoms in total. The molecule has 0 aliphatic carbocycles. The molecule has 17 heavy (non-hydrogen) atoms. The molecule has 1 aromatic rings. The van der Waals surface area contributed by atoms with Crippen LogP contribution >= 0.6 is 0 Å². The first-order valence-corrected chi connectivity index (χ1v) is 6.99. The molecular formula is C15H28N2. The molecule has 1 heterocycles. The van der Waals surface area contributed by atoms with Crippen molar-refractivity contribution >= 4 is 0 Å². The summed E-state index contributed by atoms with van der Waals surface area (Å²) in [6.07, 6.45) is 8.24. The molecular weight excluding hydrogens is 208 g/mol. The minimum Gasteiger partial charge on any atom is -0.337 e. The van der Waals surface area contributed by atoms with Crippen LogP contribution in [0.25, 0.3) is 0 Å². The van der Waals surface area contributed by atoms with Gasteiger partial charge in [-0.05, 0) is 31.1 Å². The van der Waals surface area contributed by atoms with E-state index in [9.17, 15) is 0 Å². The number of aromatic nitrogens is 2. The Morgan fingerprint density at radius 3 is 2.41 bits per heavy atom. The van der Waals surface area contributed by atoms with Crippen LogP contribution in [0.15, 0.2) is 6.33 Å². The van der Waals surface area contributed by atoms with E-state index in [0.29, 0.717) is 5.92 Å². The van der Waals surface area contributed by atoms with Gasteiger partial charge < -0.3 is 4.57 Å². The monoisotopic (exact) mass is 236 g/mol. The standard InChI is InChI=1S/C15H28N2/c1-12(2)8-6-7-9-15-14(10-13(3)4)16-11-17(15)5/h11-13H,6-10H2,1-5H3. The van der Waals surface area contributed by atoms with Crippen molar-refractivity contribution in [2.24, 2.45) is 18.9 Å². The molecule has 0 unspecified atom stereocenters. The molecule has 0 aromatic carbocycles. The Hall–Kier alpha value is -0.790. The Morgan fingerprint density at radius 2 is 1.82 bits per heavy atom. The molecule has 2 heteroatoms. The molecule has 0 N–H and O–H groups in total. The molecule has 0 atom stereocenters. The largest absolute Gasteiger partial charge is 0.337 e. The molecule has 0 fully saturated rings. The van der Waals surface area contributed by atoms with Crippen molar-refractivity contribution in [3.63, 3.8) is 0 Å². The van der Waals surface area contributed by atoms with Crippen molar-refractivity contribution in [3.05, 3.63) is 17.7 Å². The van der Waals surface area contributed by atoms with Crippen LogP contribution in [0, 0.1) is 11.8 Å². The molecule has 0 bridgehead atoms. The number of imidazole rings is 1. The predicted molar refractivity (Wildman–Crippen MR) is 74.1 cm³/mol. The summed E-state index contributed by atoms with van der Waals surface area (Å²) in [5, 5.41) is 0. The van der Waals surface area contributed by atoms with Gasteiger partial charge in [0.25, 0.3) is 0 Å². The van der Waals surface area contributed by atoms with Crippen LogP contribution in [0.2, 0.25) is 0 Å². The van der Waals surface area contributed by atoms with Gasteiger partial charge in [0.05, 0.1) is 12.0 Å². The van der Waals surface area contributed by atoms with E-state index in [1.807, 2.05) is 6.33 Å². The third-order valence-corrected chi connectivity index (χ3v) is 3.19. The molecule has 0 saturated carbocycles. The zero-order valence-corrected chi connectivity index (χ0v) is 12.2. The van der Waals surface area contributed by atoms with Gasteiger partial charge in [-0.3, -0.25) is 0 Å². The fraction of sp³-hybridized carbons (Fsp3) is 0.800. The second-order valence-electron chi connectivity index (χ2n) is 5.99. The lowest BCUT2D eigenvalue weighted by molar-refractivity contribution is 0.532. The van der Waals surface area contributed by atoms with Crippen LogP contribution < -0.4 is 0 Å². The summed E-state index contributed by atoms with van der Waals surface area (Å²) in [6.45, 7) is 9.12. The number of hydrogen-bond acceptors (Lipinski definition) is 1. The number of rotatable bonds is 7. The minimum atomic E-state index is 0.694. The lowest BCUT2D eigenvalue weighted by atomic mass is 10.0. The van der Waals surface area contributed by atoms with Crippen LogP contribution in [0.5, 0.6) is 0 Å². The van der Waals surface area contributed by atoms with Gasteiger partial charge in [-0.15, -0.1) is 0 Å². The second kappa shape index (κ2) is 6.83. The summed E-state index contributed by atoms with van der Waals surface area (Å²) >= 11 is 0. The summed E-state index contributed by atoms with van der Waals surface area (Å²) < 4.78 is 2.20. The fourth-order valence-corrected chi connectivity index (χ4v) is 2.23. The molecule has 1 rings (SSSR count). The first-order valence-electron chi connectivity index (χ1n) is 6.99. The Morgan fingerprint density at radius 1 is 1.12 bits per heavy atom. The van der Waals surface area contributed by atoms with E-state index in [2.05, 4.69) is 44.3 Å². The van der Waals surface area contributed by atoms with E-state index in [1.165, 1.54) is 37.1 Å². The summed E-state index contributed by atoms with van der Waals surface area (Å²) in [5.41, 5.74) is 2.76. The maximum absolute atomic E-state index is 4.53. The Bertz CT molecular complexity index is 324. The zero-order chi connectivity index (χ0) is 12.8. The van der Waals surface area contributed by atoms with Crippen molar-refractivity contribution in [2.45, 2.75) is 59.8 Å². The number of nitrogens with zero attached hydrogens (tertiary/aromatic N) is 2. The highest BCUT2D eigenvalue weighted by Crippen LogP contribution is 2.16. The normalized spacial score (nSPS) is 11.7. The summed E-state index contributed by atoms with van der Waals surface area (Å²) in [5.74, 6) is 1.52. The first kappa shape index (κ1) is 14.3. The zero-order valence-electron chi connectivity index (χ0n) is 12.2. The van der Waals surface area contributed by atoms with Crippen LogP contribution in [0.1, 0.15) is 58.3 Å². The van der Waals surface area contributed by atoms with E-state index < -0.39 is 0 Å². The Kier molecular flexibility index (Phi) is 5.73. The smallest absolute Gasteiger partial charge is 0.0949 e. The van der Waals surface area contributed by atoms with Crippen LogP contribution in [0.3, 0.4) is 0 Å². The average molecular weight is 236 g/mol. The van der Waals surface area contributed by atoms with E-state index in [0.717, 1.165) is 12.3 Å². The minimum absolute atomic E-state index is 0.694. The summed E-state index contributed by atoms with van der Waals surface area (Å²) in [6, 6.07) is 0. The topological polar surface area (TPSA) is 17.8 Å². The highest BCUT2D eigenvalue weighted by molar-refractivity contribution is 5.13. The SMILES string of the molecule is CC(C)CCCCc1c(CC(C)C)ncn1C. The molecule has 0 radical (unpaired) electrons. The molecule has 1 aromatic heterocycles. The van der Waals surface area contributed by atoms with Gasteiger partial charge >= 0.3 is 0 Å². The van der Waals surface area contributed by atoms with Crippen LogP contribution in [-0.4, -0.2) is 9.55 Å². The highest BCUT2D eigenvalue weighted by Gasteiger charge is 2.10.